The molecule has 0 spiro atoms. The molecular formula is C22H22N4O4. The van der Waals surface area contributed by atoms with Crippen LogP contribution in [0.25, 0.3) is 16.9 Å². The molecule has 0 radical (unpaired) electrons. The zero-order valence-corrected chi connectivity index (χ0v) is 16.6. The molecule has 0 aliphatic rings. The number of benzene rings is 2. The SMILES string of the molecule is CC(C)[C@@H](OC(=O)c1cn(-c2ccccc2)nc1-c1ccccc1)C(=O)NC(N)=O. The number of aromatic nitrogens is 2. The molecule has 1 atom stereocenters. The zero-order valence-electron chi connectivity index (χ0n) is 16.6. The third kappa shape index (κ3) is 4.72. The van der Waals surface area contributed by atoms with E-state index in [1.54, 1.807) is 24.7 Å². The van der Waals surface area contributed by atoms with Gasteiger partial charge >= 0.3 is 12.0 Å². The number of hydrogen-bond acceptors (Lipinski definition) is 5. The molecule has 2 aromatic carbocycles. The van der Waals surface area contributed by atoms with E-state index >= 15 is 0 Å². The van der Waals surface area contributed by atoms with Crippen molar-refractivity contribution in [3.63, 3.8) is 0 Å². The van der Waals surface area contributed by atoms with Gasteiger partial charge in [0.05, 0.1) is 5.69 Å². The van der Waals surface area contributed by atoms with Crippen molar-refractivity contribution in [1.29, 1.82) is 0 Å². The third-order valence-electron chi connectivity index (χ3n) is 4.35. The standard InChI is InChI=1S/C22H22N4O4/c1-14(2)19(20(27)24-22(23)29)30-21(28)17-13-26(16-11-7-4-8-12-16)25-18(17)15-9-5-3-6-10-15/h3-14,19H,1-2H3,(H3,23,24,27,29)/t19-/m1/s1. The molecule has 8 nitrogen and oxygen atoms in total. The van der Waals surface area contributed by atoms with Gasteiger partial charge in [0.1, 0.15) is 11.3 Å². The fourth-order valence-corrected chi connectivity index (χ4v) is 2.91. The first kappa shape index (κ1) is 20.8. The van der Waals surface area contributed by atoms with Gasteiger partial charge in [-0.3, -0.25) is 10.1 Å². The van der Waals surface area contributed by atoms with Gasteiger partial charge in [-0.15, -0.1) is 0 Å². The van der Waals surface area contributed by atoms with Crippen molar-refractivity contribution in [1.82, 2.24) is 15.1 Å². The van der Waals surface area contributed by atoms with Crippen molar-refractivity contribution >= 4 is 17.9 Å². The van der Waals surface area contributed by atoms with Crippen molar-refractivity contribution in [2.24, 2.45) is 11.7 Å². The van der Waals surface area contributed by atoms with Crippen LogP contribution in [-0.4, -0.2) is 33.8 Å². The van der Waals surface area contributed by atoms with Crippen molar-refractivity contribution in [2.75, 3.05) is 0 Å². The molecule has 0 fully saturated rings. The molecule has 3 N–H and O–H groups in total. The van der Waals surface area contributed by atoms with Gasteiger partial charge in [0.25, 0.3) is 5.91 Å². The van der Waals surface area contributed by atoms with Gasteiger partial charge in [-0.1, -0.05) is 62.4 Å². The largest absolute Gasteiger partial charge is 0.448 e. The van der Waals surface area contributed by atoms with E-state index in [0.29, 0.717) is 5.69 Å². The topological polar surface area (TPSA) is 116 Å². The van der Waals surface area contributed by atoms with Gasteiger partial charge in [0.15, 0.2) is 6.10 Å². The Labute approximate surface area is 173 Å². The van der Waals surface area contributed by atoms with Crippen LogP contribution in [0.4, 0.5) is 4.79 Å². The maximum absolute atomic E-state index is 13.0. The van der Waals surface area contributed by atoms with Crippen LogP contribution in [0.2, 0.25) is 0 Å². The maximum Gasteiger partial charge on any atom is 0.342 e. The first-order valence-electron chi connectivity index (χ1n) is 9.38. The normalized spacial score (nSPS) is 11.7. The molecule has 1 aromatic heterocycles. The van der Waals surface area contributed by atoms with Crippen LogP contribution in [0, 0.1) is 5.92 Å². The first-order chi connectivity index (χ1) is 14.4. The lowest BCUT2D eigenvalue weighted by Gasteiger charge is -2.19. The van der Waals surface area contributed by atoms with Gasteiger partial charge in [0.2, 0.25) is 0 Å². The first-order valence-corrected chi connectivity index (χ1v) is 9.38. The van der Waals surface area contributed by atoms with Crippen molar-refractivity contribution < 1.29 is 19.1 Å². The quantitative estimate of drug-likeness (QED) is 0.611. The number of carbonyl (C=O) groups is 3. The Balaban J connectivity index is 1.98. The number of carbonyl (C=O) groups excluding carboxylic acids is 3. The highest BCUT2D eigenvalue weighted by Crippen LogP contribution is 2.25. The Morgan fingerprint density at radius 2 is 1.60 bits per heavy atom. The lowest BCUT2D eigenvalue weighted by molar-refractivity contribution is -0.130. The summed E-state index contributed by atoms with van der Waals surface area (Å²) in [5, 5.41) is 6.52. The minimum Gasteiger partial charge on any atom is -0.448 e. The molecule has 3 aromatic rings. The minimum absolute atomic E-state index is 0.197. The minimum atomic E-state index is -1.19. The summed E-state index contributed by atoms with van der Waals surface area (Å²) in [5.74, 6) is -1.88. The van der Waals surface area contributed by atoms with E-state index in [1.165, 1.54) is 0 Å². The van der Waals surface area contributed by atoms with Gasteiger partial charge < -0.3 is 10.5 Å². The van der Waals surface area contributed by atoms with Crippen molar-refractivity contribution in [2.45, 2.75) is 20.0 Å². The average molecular weight is 406 g/mol. The van der Waals surface area contributed by atoms with Crippen molar-refractivity contribution in [3.05, 3.63) is 72.4 Å². The number of urea groups is 1. The molecular weight excluding hydrogens is 384 g/mol. The highest BCUT2D eigenvalue weighted by atomic mass is 16.5. The zero-order chi connectivity index (χ0) is 21.7. The number of primary amides is 1. The second-order valence-electron chi connectivity index (χ2n) is 6.96. The molecule has 0 bridgehead atoms. The summed E-state index contributed by atoms with van der Waals surface area (Å²) in [7, 11) is 0. The van der Waals surface area contributed by atoms with Crippen LogP contribution in [0.1, 0.15) is 24.2 Å². The number of imide groups is 1. The van der Waals surface area contributed by atoms with E-state index in [2.05, 4.69) is 5.10 Å². The lowest BCUT2D eigenvalue weighted by atomic mass is 10.1. The van der Waals surface area contributed by atoms with E-state index in [1.807, 2.05) is 66.0 Å². The predicted octanol–water partition coefficient (Wildman–Crippen LogP) is 2.92. The van der Waals surface area contributed by atoms with E-state index in [0.717, 1.165) is 11.3 Å². The van der Waals surface area contributed by atoms with Gasteiger partial charge in [-0.25, -0.2) is 14.3 Å². The number of para-hydroxylation sites is 1. The molecule has 154 valence electrons. The molecule has 3 rings (SSSR count). The number of nitrogens with two attached hydrogens (primary N) is 1. The number of nitrogens with one attached hydrogen (secondary N) is 1. The summed E-state index contributed by atoms with van der Waals surface area (Å²) < 4.78 is 7.04. The predicted molar refractivity (Wildman–Crippen MR) is 111 cm³/mol. The van der Waals surface area contributed by atoms with Gasteiger partial charge in [-0.05, 0) is 18.1 Å². The summed E-state index contributed by atoms with van der Waals surface area (Å²) in [5.41, 5.74) is 7.12. The fraction of sp³-hybridized carbons (Fsp3) is 0.182. The smallest absolute Gasteiger partial charge is 0.342 e. The number of esters is 1. The van der Waals surface area contributed by atoms with Gasteiger partial charge in [0, 0.05) is 11.8 Å². The fourth-order valence-electron chi connectivity index (χ4n) is 2.91. The van der Waals surface area contributed by atoms with E-state index in [-0.39, 0.29) is 11.5 Å². The van der Waals surface area contributed by atoms with E-state index < -0.39 is 24.0 Å². The van der Waals surface area contributed by atoms with Crippen LogP contribution in [-0.2, 0) is 9.53 Å². The number of hydrogen-bond donors (Lipinski definition) is 2. The van der Waals surface area contributed by atoms with E-state index in [9.17, 15) is 14.4 Å². The molecule has 8 heteroatoms. The Kier molecular flexibility index (Phi) is 6.26. The molecule has 30 heavy (non-hydrogen) atoms. The number of amides is 3. The molecule has 0 unspecified atom stereocenters. The molecule has 3 amide bonds. The number of ether oxygens (including phenoxy) is 1. The summed E-state index contributed by atoms with van der Waals surface area (Å²) in [6, 6.07) is 17.5. The molecule has 1 heterocycles. The third-order valence-corrected chi connectivity index (χ3v) is 4.35. The summed E-state index contributed by atoms with van der Waals surface area (Å²) >= 11 is 0. The number of nitrogens with zero attached hydrogens (tertiary/aromatic N) is 2. The summed E-state index contributed by atoms with van der Waals surface area (Å²) in [4.78, 5) is 36.3. The maximum atomic E-state index is 13.0. The van der Waals surface area contributed by atoms with Crippen LogP contribution < -0.4 is 11.1 Å². The highest BCUT2D eigenvalue weighted by Gasteiger charge is 2.30. The Morgan fingerprint density at radius 3 is 2.17 bits per heavy atom. The second kappa shape index (κ2) is 9.04. The van der Waals surface area contributed by atoms with Crippen LogP contribution in [0.3, 0.4) is 0 Å². The Hall–Kier alpha value is -3.94. The Morgan fingerprint density at radius 1 is 1.00 bits per heavy atom. The van der Waals surface area contributed by atoms with Crippen LogP contribution in [0.5, 0.6) is 0 Å². The summed E-state index contributed by atoms with van der Waals surface area (Å²) in [6.45, 7) is 3.40. The molecule has 0 saturated carbocycles. The van der Waals surface area contributed by atoms with Gasteiger partial charge in [-0.2, -0.15) is 5.10 Å². The molecule has 0 saturated heterocycles. The highest BCUT2D eigenvalue weighted by molar-refractivity contribution is 6.00. The summed E-state index contributed by atoms with van der Waals surface area (Å²) in [6.07, 6.45) is 0.373. The molecule has 0 aliphatic heterocycles. The molecule has 0 aliphatic carbocycles. The van der Waals surface area contributed by atoms with Crippen molar-refractivity contribution in [3.8, 4) is 16.9 Å². The lowest BCUT2D eigenvalue weighted by Crippen LogP contribution is -2.45. The van der Waals surface area contributed by atoms with E-state index in [4.69, 9.17) is 10.5 Å². The average Bonchev–Trinajstić information content (AvgIpc) is 3.18. The van der Waals surface area contributed by atoms with Crippen LogP contribution in [0.15, 0.2) is 66.9 Å². The monoisotopic (exact) mass is 406 g/mol. The van der Waals surface area contributed by atoms with Crippen LogP contribution >= 0.6 is 0 Å². The number of rotatable bonds is 6. The second-order valence-corrected chi connectivity index (χ2v) is 6.96. The Bertz CT molecular complexity index is 1050.